The van der Waals surface area contributed by atoms with Gasteiger partial charge in [0.25, 0.3) is 5.56 Å². The van der Waals surface area contributed by atoms with E-state index in [1.54, 1.807) is 19.0 Å². The summed E-state index contributed by atoms with van der Waals surface area (Å²) in [6, 6.07) is 13.9. The number of amides is 1. The van der Waals surface area contributed by atoms with Crippen molar-refractivity contribution >= 4 is 12.0 Å². The Labute approximate surface area is 183 Å². The maximum Gasteiger partial charge on any atom is 0.258 e. The smallest absolute Gasteiger partial charge is 0.258 e. The number of nitrogens with zero attached hydrogens (tertiary/aromatic N) is 3. The van der Waals surface area contributed by atoms with Crippen LogP contribution in [0.1, 0.15) is 29.8 Å². The molecule has 1 fully saturated rings. The number of hydrogen-bond donors (Lipinski definition) is 1. The Balaban J connectivity index is 1.78. The largest absolute Gasteiger partial charge is 0.396 e. The number of rotatable bonds is 6. The van der Waals surface area contributed by atoms with Gasteiger partial charge in [0, 0.05) is 57.0 Å². The van der Waals surface area contributed by atoms with E-state index in [0.29, 0.717) is 12.1 Å². The second kappa shape index (κ2) is 8.81. The van der Waals surface area contributed by atoms with E-state index in [4.69, 9.17) is 0 Å². The predicted octanol–water partition coefficient (Wildman–Crippen LogP) is 2.18. The van der Waals surface area contributed by atoms with Crippen LogP contribution in [0.5, 0.6) is 0 Å². The standard InChI is InChI=1S/C25H31N3O3/c1-4-8-18-11-12-20-23-22(25(31)26(2)3)19(16-29)21(15-28(20)24(18)30)27(23)14-13-17-9-6-5-7-10-17/h4-12,19,21-23,29H,13-16H2,1-3H3/b8-4+/t19-,21-,22+,23+/m1/s1. The van der Waals surface area contributed by atoms with Crippen molar-refractivity contribution in [2.75, 3.05) is 27.2 Å². The lowest BCUT2D eigenvalue weighted by molar-refractivity contribution is -0.135. The zero-order valence-corrected chi connectivity index (χ0v) is 18.4. The minimum absolute atomic E-state index is 0.00897. The lowest BCUT2D eigenvalue weighted by atomic mass is 9.86. The van der Waals surface area contributed by atoms with Crippen LogP contribution in [0.25, 0.3) is 6.08 Å². The summed E-state index contributed by atoms with van der Waals surface area (Å²) in [7, 11) is 3.52. The third-order valence-corrected chi connectivity index (χ3v) is 6.77. The molecule has 4 rings (SSSR count). The van der Waals surface area contributed by atoms with E-state index in [1.165, 1.54) is 5.56 Å². The van der Waals surface area contributed by atoms with Gasteiger partial charge in [-0.15, -0.1) is 0 Å². The van der Waals surface area contributed by atoms with E-state index in [0.717, 1.165) is 18.7 Å². The lowest BCUT2D eigenvalue weighted by Gasteiger charge is -2.38. The van der Waals surface area contributed by atoms with Crippen molar-refractivity contribution in [2.45, 2.75) is 32.0 Å². The number of carbonyl (C=O) groups excluding carboxylic acids is 1. The first-order valence-electron chi connectivity index (χ1n) is 11.0. The zero-order chi connectivity index (χ0) is 22.1. The molecular weight excluding hydrogens is 390 g/mol. The van der Waals surface area contributed by atoms with Gasteiger partial charge in [-0.1, -0.05) is 42.5 Å². The number of hydrogen-bond acceptors (Lipinski definition) is 4. The van der Waals surface area contributed by atoms with Gasteiger partial charge in [0.1, 0.15) is 0 Å². The van der Waals surface area contributed by atoms with Crippen molar-refractivity contribution in [2.24, 2.45) is 11.8 Å². The van der Waals surface area contributed by atoms with Crippen LogP contribution in [0.2, 0.25) is 0 Å². The van der Waals surface area contributed by atoms with Crippen molar-refractivity contribution in [1.29, 1.82) is 0 Å². The van der Waals surface area contributed by atoms with Gasteiger partial charge in [-0.05, 0) is 31.0 Å². The Bertz CT molecular complexity index is 1030. The van der Waals surface area contributed by atoms with Crippen LogP contribution in [0.3, 0.4) is 0 Å². The minimum Gasteiger partial charge on any atom is -0.396 e. The molecule has 1 aromatic heterocycles. The summed E-state index contributed by atoms with van der Waals surface area (Å²) in [4.78, 5) is 30.3. The fourth-order valence-corrected chi connectivity index (χ4v) is 5.34. The Kier molecular flexibility index (Phi) is 6.12. The molecule has 164 valence electrons. The molecule has 0 spiro atoms. The number of benzene rings is 1. The fraction of sp³-hybridized carbons (Fsp3) is 0.440. The number of allylic oxidation sites excluding steroid dienone is 1. The van der Waals surface area contributed by atoms with E-state index in [1.807, 2.05) is 54.0 Å². The number of pyridine rings is 1. The Morgan fingerprint density at radius 1 is 1.19 bits per heavy atom. The molecule has 6 nitrogen and oxygen atoms in total. The lowest BCUT2D eigenvalue weighted by Crippen LogP contribution is -2.47. The molecule has 1 amide bonds. The molecule has 2 aliphatic heterocycles. The molecule has 2 aromatic rings. The van der Waals surface area contributed by atoms with E-state index in [9.17, 15) is 14.7 Å². The maximum absolute atomic E-state index is 13.2. The highest BCUT2D eigenvalue weighted by Crippen LogP contribution is 2.48. The molecule has 6 heteroatoms. The van der Waals surface area contributed by atoms with Crippen LogP contribution in [0.4, 0.5) is 0 Å². The fourth-order valence-electron chi connectivity index (χ4n) is 5.34. The van der Waals surface area contributed by atoms with Gasteiger partial charge in [-0.3, -0.25) is 14.5 Å². The highest BCUT2D eigenvalue weighted by Gasteiger charge is 2.55. The second-order valence-corrected chi connectivity index (χ2v) is 8.72. The molecule has 4 atom stereocenters. The molecule has 3 heterocycles. The number of carbonyl (C=O) groups is 1. The molecule has 1 aromatic carbocycles. The number of aliphatic hydroxyl groups excluding tert-OH is 1. The highest BCUT2D eigenvalue weighted by atomic mass is 16.3. The Morgan fingerprint density at radius 2 is 1.94 bits per heavy atom. The van der Waals surface area contributed by atoms with E-state index >= 15 is 0 Å². The summed E-state index contributed by atoms with van der Waals surface area (Å²) in [5.74, 6) is -0.573. The molecule has 0 radical (unpaired) electrons. The molecule has 0 saturated carbocycles. The van der Waals surface area contributed by atoms with Gasteiger partial charge in [-0.25, -0.2) is 0 Å². The molecule has 31 heavy (non-hydrogen) atoms. The van der Waals surface area contributed by atoms with Gasteiger partial charge in [0.15, 0.2) is 0 Å². The van der Waals surface area contributed by atoms with E-state index < -0.39 is 0 Å². The summed E-state index contributed by atoms with van der Waals surface area (Å²) in [5.41, 5.74) is 2.74. The van der Waals surface area contributed by atoms with Crippen molar-refractivity contribution in [3.05, 3.63) is 75.7 Å². The SMILES string of the molecule is C/C=C/c1ccc2n(c1=O)C[C@@H]1[C@@H](CO)[C@H](C(=O)N(C)C)[C@H]2N1CCc1ccccc1. The molecule has 2 bridgehead atoms. The normalized spacial score (nSPS) is 25.0. The summed E-state index contributed by atoms with van der Waals surface area (Å²) < 4.78 is 1.83. The second-order valence-electron chi connectivity index (χ2n) is 8.72. The van der Waals surface area contributed by atoms with Crippen molar-refractivity contribution in [1.82, 2.24) is 14.4 Å². The first-order valence-corrected chi connectivity index (χ1v) is 11.0. The van der Waals surface area contributed by atoms with Gasteiger partial charge in [-0.2, -0.15) is 0 Å². The van der Waals surface area contributed by atoms with Gasteiger partial charge < -0.3 is 14.6 Å². The number of aliphatic hydroxyl groups is 1. The zero-order valence-electron chi connectivity index (χ0n) is 18.4. The first-order chi connectivity index (χ1) is 15.0. The molecule has 2 aliphatic rings. The molecule has 1 N–H and O–H groups in total. The van der Waals surface area contributed by atoms with Crippen LogP contribution < -0.4 is 5.56 Å². The summed E-state index contributed by atoms with van der Waals surface area (Å²) in [6.45, 7) is 3.09. The van der Waals surface area contributed by atoms with Gasteiger partial charge >= 0.3 is 0 Å². The molecule has 1 saturated heterocycles. The Hall–Kier alpha value is -2.70. The third kappa shape index (κ3) is 3.75. The quantitative estimate of drug-likeness (QED) is 0.777. The molecule has 0 aliphatic carbocycles. The predicted molar refractivity (Wildman–Crippen MR) is 122 cm³/mol. The van der Waals surface area contributed by atoms with Crippen molar-refractivity contribution < 1.29 is 9.90 Å². The molecular formula is C25H31N3O3. The third-order valence-electron chi connectivity index (χ3n) is 6.77. The average molecular weight is 422 g/mol. The number of fused-ring (bicyclic) bond motifs is 4. The van der Waals surface area contributed by atoms with Crippen LogP contribution >= 0.6 is 0 Å². The van der Waals surface area contributed by atoms with Crippen LogP contribution in [0, 0.1) is 11.8 Å². The van der Waals surface area contributed by atoms with E-state index in [2.05, 4.69) is 17.0 Å². The summed E-state index contributed by atoms with van der Waals surface area (Å²) in [6.07, 6.45) is 4.54. The van der Waals surface area contributed by atoms with Crippen LogP contribution in [-0.4, -0.2) is 58.7 Å². The first kappa shape index (κ1) is 21.5. The monoisotopic (exact) mass is 421 g/mol. The van der Waals surface area contributed by atoms with Crippen LogP contribution in [-0.2, 0) is 17.8 Å². The Morgan fingerprint density at radius 3 is 2.58 bits per heavy atom. The minimum atomic E-state index is -0.374. The summed E-state index contributed by atoms with van der Waals surface area (Å²) in [5, 5.41) is 10.3. The molecule has 0 unspecified atom stereocenters. The van der Waals surface area contributed by atoms with Crippen molar-refractivity contribution in [3.63, 3.8) is 0 Å². The topological polar surface area (TPSA) is 65.8 Å². The number of aromatic nitrogens is 1. The average Bonchev–Trinajstić information content (AvgIpc) is 2.99. The highest BCUT2D eigenvalue weighted by molar-refractivity contribution is 5.80. The summed E-state index contributed by atoms with van der Waals surface area (Å²) >= 11 is 0. The van der Waals surface area contributed by atoms with Gasteiger partial charge in [0.05, 0.1) is 12.0 Å². The van der Waals surface area contributed by atoms with E-state index in [-0.39, 0.29) is 42.0 Å². The van der Waals surface area contributed by atoms with Crippen molar-refractivity contribution in [3.8, 4) is 0 Å². The maximum atomic E-state index is 13.2. The van der Waals surface area contributed by atoms with Crippen LogP contribution in [0.15, 0.2) is 53.3 Å². The van der Waals surface area contributed by atoms with Gasteiger partial charge in [0.2, 0.25) is 5.91 Å².